The van der Waals surface area contributed by atoms with Crippen LogP contribution in [-0.4, -0.2) is 54.6 Å². The Bertz CT molecular complexity index is 1250. The topological polar surface area (TPSA) is 74.8 Å². The van der Waals surface area contributed by atoms with Gasteiger partial charge in [0.1, 0.15) is 11.6 Å². The molecule has 7 nitrogen and oxygen atoms in total. The van der Waals surface area contributed by atoms with E-state index in [1.54, 1.807) is 13.8 Å². The Balaban J connectivity index is 1.51. The Labute approximate surface area is 205 Å². The van der Waals surface area contributed by atoms with Gasteiger partial charge in [0.05, 0.1) is 41.6 Å². The number of benzene rings is 1. The first-order valence-corrected chi connectivity index (χ1v) is 11.7. The summed E-state index contributed by atoms with van der Waals surface area (Å²) in [5.74, 6) is -5.67. The number of anilines is 3. The Morgan fingerprint density at radius 2 is 1.69 bits per heavy atom. The van der Waals surface area contributed by atoms with Crippen molar-refractivity contribution in [1.82, 2.24) is 10.3 Å². The number of amides is 2. The molecular formula is C25H26F4N4O3. The molecule has 0 saturated carbocycles. The number of alkyl halides is 2. The summed E-state index contributed by atoms with van der Waals surface area (Å²) in [6, 6.07) is 3.58. The molecule has 3 aliphatic heterocycles. The van der Waals surface area contributed by atoms with Crippen LogP contribution in [0.3, 0.4) is 0 Å². The maximum absolute atomic E-state index is 15.3. The van der Waals surface area contributed by atoms with E-state index in [2.05, 4.69) is 10.3 Å². The number of nitrogens with zero attached hydrogens (tertiary/aromatic N) is 3. The molecule has 36 heavy (non-hydrogen) atoms. The van der Waals surface area contributed by atoms with Gasteiger partial charge in [-0.3, -0.25) is 14.5 Å². The van der Waals surface area contributed by atoms with Crippen LogP contribution in [0.25, 0.3) is 0 Å². The lowest BCUT2D eigenvalue weighted by Crippen LogP contribution is -2.56. The molecular weight excluding hydrogens is 480 g/mol. The van der Waals surface area contributed by atoms with Crippen molar-refractivity contribution in [2.45, 2.75) is 50.5 Å². The van der Waals surface area contributed by atoms with Gasteiger partial charge in [-0.15, -0.1) is 0 Å². The molecule has 192 valence electrons. The number of pyridine rings is 1. The second kappa shape index (κ2) is 8.16. The van der Waals surface area contributed by atoms with Crippen molar-refractivity contribution >= 4 is 29.0 Å². The van der Waals surface area contributed by atoms with E-state index in [1.807, 2.05) is 6.92 Å². The molecule has 2 saturated heterocycles. The minimum absolute atomic E-state index is 0.0811. The Kier molecular flexibility index (Phi) is 5.55. The number of fused-ring (bicyclic) bond motifs is 1. The third kappa shape index (κ3) is 3.99. The van der Waals surface area contributed by atoms with Gasteiger partial charge in [-0.1, -0.05) is 0 Å². The van der Waals surface area contributed by atoms with Crippen LogP contribution in [0.2, 0.25) is 0 Å². The predicted molar refractivity (Wildman–Crippen MR) is 124 cm³/mol. The Hall–Kier alpha value is -3.21. The molecule has 0 bridgehead atoms. The number of nitrogens with one attached hydrogen (secondary N) is 1. The van der Waals surface area contributed by atoms with E-state index in [1.165, 1.54) is 17.0 Å². The minimum atomic E-state index is -2.86. The zero-order valence-electron chi connectivity index (χ0n) is 20.1. The van der Waals surface area contributed by atoms with Crippen molar-refractivity contribution in [2.75, 3.05) is 36.1 Å². The summed E-state index contributed by atoms with van der Waals surface area (Å²) in [7, 11) is 0. The largest absolute Gasteiger partial charge is 0.381 e. The molecule has 0 atom stereocenters. The van der Waals surface area contributed by atoms with E-state index in [0.29, 0.717) is 31.6 Å². The van der Waals surface area contributed by atoms with Crippen molar-refractivity contribution in [2.24, 2.45) is 0 Å². The summed E-state index contributed by atoms with van der Waals surface area (Å²) in [5.41, 5.74) is -1.77. The number of ether oxygens (including phenoxy) is 1. The second-order valence-corrected chi connectivity index (χ2v) is 10.4. The van der Waals surface area contributed by atoms with E-state index in [4.69, 9.17) is 4.74 Å². The average molecular weight is 507 g/mol. The van der Waals surface area contributed by atoms with Gasteiger partial charge < -0.3 is 15.0 Å². The molecule has 0 aliphatic carbocycles. The molecule has 2 amide bonds. The summed E-state index contributed by atoms with van der Waals surface area (Å²) in [6.07, 6.45) is 2.01. The van der Waals surface area contributed by atoms with E-state index in [0.717, 1.165) is 17.2 Å². The summed E-state index contributed by atoms with van der Waals surface area (Å²) in [4.78, 5) is 32.6. The van der Waals surface area contributed by atoms with Crippen LogP contribution >= 0.6 is 0 Å². The van der Waals surface area contributed by atoms with Gasteiger partial charge in [0.15, 0.2) is 5.82 Å². The third-order valence-corrected chi connectivity index (χ3v) is 7.22. The predicted octanol–water partition coefficient (Wildman–Crippen LogP) is 4.07. The number of hydrogen-bond donors (Lipinski definition) is 1. The highest BCUT2D eigenvalue weighted by atomic mass is 19.3. The molecule has 4 heterocycles. The molecule has 11 heteroatoms. The lowest BCUT2D eigenvalue weighted by atomic mass is 9.85. The van der Waals surface area contributed by atoms with Crippen molar-refractivity contribution in [3.8, 4) is 0 Å². The summed E-state index contributed by atoms with van der Waals surface area (Å²) in [5, 5.41) is 2.88. The Morgan fingerprint density at radius 3 is 2.33 bits per heavy atom. The van der Waals surface area contributed by atoms with E-state index >= 15 is 4.39 Å². The second-order valence-electron chi connectivity index (χ2n) is 10.4. The zero-order chi connectivity index (χ0) is 26.0. The fraction of sp³-hybridized carbons (Fsp3) is 0.480. The lowest BCUT2D eigenvalue weighted by molar-refractivity contribution is -0.121. The van der Waals surface area contributed by atoms with E-state index in [-0.39, 0.29) is 22.8 Å². The number of rotatable bonds is 4. The molecule has 0 spiro atoms. The first-order chi connectivity index (χ1) is 16.8. The molecule has 5 rings (SSSR count). The van der Waals surface area contributed by atoms with Crippen molar-refractivity contribution in [3.05, 3.63) is 47.2 Å². The highest BCUT2D eigenvalue weighted by Crippen LogP contribution is 2.47. The van der Waals surface area contributed by atoms with Crippen LogP contribution in [0.5, 0.6) is 0 Å². The van der Waals surface area contributed by atoms with E-state index in [9.17, 15) is 22.8 Å². The van der Waals surface area contributed by atoms with Crippen LogP contribution < -0.4 is 15.1 Å². The van der Waals surface area contributed by atoms with Gasteiger partial charge in [-0.25, -0.2) is 22.5 Å². The smallest absolute Gasteiger partial charge is 0.282 e. The number of hydrogen-bond acceptors (Lipinski definition) is 5. The normalized spacial score (nSPS) is 21.7. The fourth-order valence-electron chi connectivity index (χ4n) is 4.89. The van der Waals surface area contributed by atoms with Gasteiger partial charge in [0.25, 0.3) is 11.8 Å². The molecule has 1 N–H and O–H groups in total. The van der Waals surface area contributed by atoms with Gasteiger partial charge in [-0.2, -0.15) is 0 Å². The van der Waals surface area contributed by atoms with Crippen LogP contribution in [0.4, 0.5) is 34.8 Å². The maximum atomic E-state index is 15.3. The molecule has 1 aromatic heterocycles. The third-order valence-electron chi connectivity index (χ3n) is 7.22. The van der Waals surface area contributed by atoms with Gasteiger partial charge in [0, 0.05) is 24.8 Å². The molecule has 1 aromatic carbocycles. The van der Waals surface area contributed by atoms with Gasteiger partial charge in [0.2, 0.25) is 5.91 Å². The van der Waals surface area contributed by atoms with Crippen LogP contribution in [0.1, 0.15) is 49.5 Å². The first kappa shape index (κ1) is 24.5. The number of carbonyl (C=O) groups is 2. The van der Waals surface area contributed by atoms with Crippen LogP contribution in [0, 0.1) is 11.6 Å². The number of carbonyl (C=O) groups excluding carboxylic acids is 2. The SMILES string of the molecule is CC1(NC(=O)c2cc3c(cc2F)N(c2cc(N4CC(F)(F)C4)ncc2F)C(=O)C3(C)C)CCOCC1. The van der Waals surface area contributed by atoms with Gasteiger partial charge >= 0.3 is 0 Å². The fourth-order valence-corrected chi connectivity index (χ4v) is 4.89. The van der Waals surface area contributed by atoms with E-state index < -0.39 is 53.4 Å². The summed E-state index contributed by atoms with van der Waals surface area (Å²) >= 11 is 0. The molecule has 2 fully saturated rings. The van der Waals surface area contributed by atoms with Gasteiger partial charge in [-0.05, 0) is 51.3 Å². The zero-order valence-corrected chi connectivity index (χ0v) is 20.1. The first-order valence-electron chi connectivity index (χ1n) is 11.7. The van der Waals surface area contributed by atoms with Crippen molar-refractivity contribution in [3.63, 3.8) is 0 Å². The van der Waals surface area contributed by atoms with Crippen LogP contribution in [0.15, 0.2) is 24.4 Å². The number of halogens is 4. The minimum Gasteiger partial charge on any atom is -0.381 e. The molecule has 0 radical (unpaired) electrons. The maximum Gasteiger partial charge on any atom is 0.282 e. The standard InChI is InChI=1S/C25H26F4N4O3/c1-23(2)15-8-14(21(34)31-24(3)4-6-36-7-5-24)16(26)9-18(15)33(22(23)35)19-10-20(30-11-17(19)27)32-12-25(28,29)13-32/h8-11H,4-7,12-13H2,1-3H3,(H,31,34). The van der Waals surface area contributed by atoms with Crippen molar-refractivity contribution < 1.29 is 31.9 Å². The number of aromatic nitrogens is 1. The highest BCUT2D eigenvalue weighted by Gasteiger charge is 2.48. The quantitative estimate of drug-likeness (QED) is 0.633. The Morgan fingerprint density at radius 1 is 1.03 bits per heavy atom. The molecule has 0 unspecified atom stereocenters. The summed E-state index contributed by atoms with van der Waals surface area (Å²) < 4.78 is 62.2. The molecule has 2 aromatic rings. The highest BCUT2D eigenvalue weighted by molar-refractivity contribution is 6.13. The van der Waals surface area contributed by atoms with Crippen molar-refractivity contribution in [1.29, 1.82) is 0 Å². The monoisotopic (exact) mass is 506 g/mol. The van der Waals surface area contributed by atoms with Crippen LogP contribution in [-0.2, 0) is 14.9 Å². The average Bonchev–Trinajstić information content (AvgIpc) is 2.97. The molecule has 3 aliphatic rings. The summed E-state index contributed by atoms with van der Waals surface area (Å²) in [6.45, 7) is 4.89. The lowest BCUT2D eigenvalue weighted by Gasteiger charge is -2.39.